The van der Waals surface area contributed by atoms with Gasteiger partial charge in [0.05, 0.1) is 0 Å². The van der Waals surface area contributed by atoms with Crippen molar-refractivity contribution in [2.45, 2.75) is 67.7 Å². The van der Waals surface area contributed by atoms with Gasteiger partial charge in [0, 0.05) is 5.92 Å². The highest BCUT2D eigenvalue weighted by Crippen LogP contribution is 2.25. The third kappa shape index (κ3) is 18.1. The van der Waals surface area contributed by atoms with Gasteiger partial charge in [0.1, 0.15) is 5.83 Å². The summed E-state index contributed by atoms with van der Waals surface area (Å²) >= 11 is 0. The van der Waals surface area contributed by atoms with Crippen molar-refractivity contribution in [2.24, 2.45) is 11.8 Å². The molecule has 3 heteroatoms. The van der Waals surface area contributed by atoms with Gasteiger partial charge < -0.3 is 5.11 Å². The summed E-state index contributed by atoms with van der Waals surface area (Å²) in [5, 5.41) is 6.89. The first-order valence-electron chi connectivity index (χ1n) is 11.0. The van der Waals surface area contributed by atoms with Gasteiger partial charge in [-0.2, -0.15) is 0 Å². The largest absolute Gasteiger partial charge is 0.483 e. The van der Waals surface area contributed by atoms with E-state index < -0.39 is 0 Å². The van der Waals surface area contributed by atoms with E-state index in [1.807, 2.05) is 32.9 Å². The van der Waals surface area contributed by atoms with E-state index in [1.165, 1.54) is 11.6 Å². The maximum atomic E-state index is 14.5. The number of halogens is 1. The van der Waals surface area contributed by atoms with Crippen LogP contribution in [0.1, 0.15) is 67.7 Å². The molecule has 0 spiro atoms. The zero-order valence-electron chi connectivity index (χ0n) is 21.4. The minimum Gasteiger partial charge on any atom is -0.483 e. The fraction of sp³-hybridized carbons (Fsp3) is 0.414. The van der Waals surface area contributed by atoms with Crippen LogP contribution in [0.2, 0.25) is 0 Å². The second kappa shape index (κ2) is 20.2. The van der Waals surface area contributed by atoms with Gasteiger partial charge in [-0.05, 0) is 61.0 Å². The highest BCUT2D eigenvalue weighted by Gasteiger charge is 2.10. The fourth-order valence-electron chi connectivity index (χ4n) is 2.15. The molecule has 0 rings (SSSR count). The Labute approximate surface area is 197 Å². The molecule has 0 aliphatic heterocycles. The van der Waals surface area contributed by atoms with Crippen LogP contribution < -0.4 is 0 Å². The van der Waals surface area contributed by atoms with Crippen LogP contribution in [0.15, 0.2) is 96.5 Å². The van der Waals surface area contributed by atoms with E-state index in [0.29, 0.717) is 22.6 Å². The predicted molar refractivity (Wildman–Crippen MR) is 141 cm³/mol. The van der Waals surface area contributed by atoms with E-state index in [-0.39, 0.29) is 18.2 Å². The zero-order chi connectivity index (χ0) is 25.9. The van der Waals surface area contributed by atoms with Gasteiger partial charge in [0.2, 0.25) is 0 Å². The Morgan fingerprint density at radius 3 is 1.72 bits per heavy atom. The van der Waals surface area contributed by atoms with Crippen molar-refractivity contribution in [2.75, 3.05) is 0 Å². The van der Waals surface area contributed by atoms with E-state index >= 15 is 0 Å². The number of allylic oxidation sites excluding steroid dienone is 11. The Balaban J connectivity index is -0.00000105. The molecule has 0 aromatic rings. The second-order valence-corrected chi connectivity index (χ2v) is 7.92. The fourth-order valence-corrected chi connectivity index (χ4v) is 2.15. The van der Waals surface area contributed by atoms with Crippen molar-refractivity contribution < 1.29 is 14.3 Å². The summed E-state index contributed by atoms with van der Waals surface area (Å²) in [6, 6.07) is 0. The summed E-state index contributed by atoms with van der Waals surface area (Å²) in [6.45, 7) is 33.5. The van der Waals surface area contributed by atoms with E-state index in [2.05, 4.69) is 66.7 Å². The summed E-state index contributed by atoms with van der Waals surface area (Å²) in [6.07, 6.45) is 10.3. The van der Waals surface area contributed by atoms with Gasteiger partial charge in [-0.3, -0.25) is 4.79 Å². The van der Waals surface area contributed by atoms with Crippen LogP contribution in [0.4, 0.5) is 4.39 Å². The first kappa shape index (κ1) is 33.9. The normalized spacial score (nSPS) is 13.0. The molecule has 0 radical (unpaired) electrons. The molecule has 0 aliphatic carbocycles. The number of carboxylic acid groups (broad SMARTS) is 1. The third-order valence-electron chi connectivity index (χ3n) is 4.55. The van der Waals surface area contributed by atoms with Crippen molar-refractivity contribution in [3.05, 3.63) is 96.5 Å². The Bertz CT molecular complexity index is 728. The van der Waals surface area contributed by atoms with Crippen molar-refractivity contribution >= 4 is 6.47 Å². The lowest BCUT2D eigenvalue weighted by molar-refractivity contribution is -0.122. The van der Waals surface area contributed by atoms with Crippen LogP contribution >= 0.6 is 0 Å². The molecular formula is C29H45FO2. The molecule has 0 aliphatic rings. The average molecular weight is 445 g/mol. The van der Waals surface area contributed by atoms with Gasteiger partial charge in [0.25, 0.3) is 6.47 Å². The average Bonchev–Trinajstić information content (AvgIpc) is 2.73. The van der Waals surface area contributed by atoms with E-state index in [0.717, 1.165) is 30.4 Å². The molecule has 2 nitrogen and oxygen atoms in total. The van der Waals surface area contributed by atoms with Crippen molar-refractivity contribution in [3.63, 3.8) is 0 Å². The van der Waals surface area contributed by atoms with Gasteiger partial charge in [-0.15, -0.1) is 6.58 Å². The molecule has 1 N–H and O–H groups in total. The molecule has 0 aromatic carbocycles. The maximum absolute atomic E-state index is 14.5. The van der Waals surface area contributed by atoms with E-state index in [9.17, 15) is 4.39 Å². The lowest BCUT2D eigenvalue weighted by Gasteiger charge is -2.11. The van der Waals surface area contributed by atoms with Gasteiger partial charge >= 0.3 is 0 Å². The van der Waals surface area contributed by atoms with Gasteiger partial charge in [-0.25, -0.2) is 4.39 Å². The molecule has 0 amide bonds. The van der Waals surface area contributed by atoms with Crippen LogP contribution in [0.25, 0.3) is 0 Å². The number of hydrogen-bond donors (Lipinski definition) is 1. The minimum absolute atomic E-state index is 0.0482. The highest BCUT2D eigenvalue weighted by molar-refractivity contribution is 5.49. The molecule has 180 valence electrons. The van der Waals surface area contributed by atoms with E-state index in [4.69, 9.17) is 9.90 Å². The predicted octanol–water partition coefficient (Wildman–Crippen LogP) is 9.33. The Kier molecular flexibility index (Phi) is 21.5. The molecule has 2 unspecified atom stereocenters. The topological polar surface area (TPSA) is 37.3 Å². The van der Waals surface area contributed by atoms with Crippen LogP contribution in [0.3, 0.4) is 0 Å². The molecule has 0 saturated heterocycles. The first-order valence-corrected chi connectivity index (χ1v) is 11.0. The lowest BCUT2D eigenvalue weighted by Crippen LogP contribution is -1.97. The number of carbonyl (C=O) groups is 1. The molecule has 0 heterocycles. The quantitative estimate of drug-likeness (QED) is 0.196. The Morgan fingerprint density at radius 2 is 1.34 bits per heavy atom. The number of rotatable bonds is 11. The van der Waals surface area contributed by atoms with Crippen LogP contribution in [0, 0.1) is 11.8 Å². The summed E-state index contributed by atoms with van der Waals surface area (Å²) < 4.78 is 14.5. The van der Waals surface area contributed by atoms with Crippen molar-refractivity contribution in [3.8, 4) is 0 Å². The summed E-state index contributed by atoms with van der Waals surface area (Å²) in [4.78, 5) is 8.36. The molecule has 0 fully saturated rings. The van der Waals surface area contributed by atoms with Crippen molar-refractivity contribution in [1.29, 1.82) is 0 Å². The van der Waals surface area contributed by atoms with Gasteiger partial charge in [-0.1, -0.05) is 96.7 Å². The lowest BCUT2D eigenvalue weighted by atomic mass is 9.95. The minimum atomic E-state index is -0.340. The second-order valence-electron chi connectivity index (χ2n) is 7.92. The summed E-state index contributed by atoms with van der Waals surface area (Å²) in [5.41, 5.74) is 5.11. The zero-order valence-corrected chi connectivity index (χ0v) is 21.4. The Hall–Kier alpha value is -2.68. The highest BCUT2D eigenvalue weighted by atomic mass is 19.1. The smallest absolute Gasteiger partial charge is 0.290 e. The Morgan fingerprint density at radius 1 is 0.906 bits per heavy atom. The van der Waals surface area contributed by atoms with Crippen LogP contribution in [-0.4, -0.2) is 11.6 Å². The molecule has 0 saturated carbocycles. The van der Waals surface area contributed by atoms with Crippen LogP contribution in [-0.2, 0) is 4.79 Å². The standard InChI is InChI=1S/C24H35F.C4H8.CH2O2/c1-10-17(4)13-14-19(6)22(9)24(25)16-21(8)20(7)15-23(12-3)18(5)11-2;1-4(2)3;2-1-3/h13-17,19H,5,7-12H2,1-4,6H3;1H2,2-3H3;1H,(H,2,3)/b14-13-,23-15-,24-16+;;. The molecule has 2 atom stereocenters. The molecule has 0 bridgehead atoms. The van der Waals surface area contributed by atoms with Crippen molar-refractivity contribution in [1.82, 2.24) is 0 Å². The summed E-state index contributed by atoms with van der Waals surface area (Å²) in [5.74, 6) is 0.0995. The molecule has 0 aromatic heterocycles. The monoisotopic (exact) mass is 444 g/mol. The molecular weight excluding hydrogens is 399 g/mol. The van der Waals surface area contributed by atoms with Gasteiger partial charge in [0.15, 0.2) is 0 Å². The number of hydrogen-bond acceptors (Lipinski definition) is 1. The van der Waals surface area contributed by atoms with E-state index in [1.54, 1.807) is 0 Å². The third-order valence-corrected chi connectivity index (χ3v) is 4.55. The summed E-state index contributed by atoms with van der Waals surface area (Å²) in [7, 11) is 0. The first-order chi connectivity index (χ1) is 14.8. The SMILES string of the molecule is C=C(/C=C(/CC)C(=C)CC)C(=C)/C=C(/F)C(=C)C(C)/C=C\C(C)CC.C=C(C)C.O=CO. The molecule has 32 heavy (non-hydrogen) atoms. The van der Waals surface area contributed by atoms with Crippen LogP contribution in [0.5, 0.6) is 0 Å². The maximum Gasteiger partial charge on any atom is 0.290 e.